The molecule has 0 unspecified atom stereocenters. The summed E-state index contributed by atoms with van der Waals surface area (Å²) in [6.45, 7) is 5.94. The number of rotatable bonds is 0. The van der Waals surface area contributed by atoms with E-state index in [1.165, 1.54) is 0 Å². The van der Waals surface area contributed by atoms with Gasteiger partial charge in [-0.3, -0.25) is 0 Å². The van der Waals surface area contributed by atoms with E-state index in [9.17, 15) is 0 Å². The van der Waals surface area contributed by atoms with Gasteiger partial charge in [0.05, 0.1) is 11.2 Å². The highest BCUT2D eigenvalue weighted by atomic mass is 15.0. The average Bonchev–Trinajstić information content (AvgIpc) is 2.71. The Balaban J connectivity index is 0.000000509. The first kappa shape index (κ1) is 13.8. The second-order valence-electron chi connectivity index (χ2n) is 2.81. The lowest BCUT2D eigenvalue weighted by Crippen LogP contribution is -1.90. The van der Waals surface area contributed by atoms with E-state index in [0.29, 0.717) is 11.6 Å². The maximum Gasteiger partial charge on any atom is 0.198 e. The van der Waals surface area contributed by atoms with Gasteiger partial charge in [-0.05, 0) is 18.6 Å². The van der Waals surface area contributed by atoms with Gasteiger partial charge in [0.25, 0.3) is 0 Å². The largest absolute Gasteiger partial charge is 0.397 e. The Morgan fingerprint density at radius 2 is 1.75 bits per heavy atom. The van der Waals surface area contributed by atoms with Gasteiger partial charge in [-0.15, -0.1) is 12.8 Å². The van der Waals surface area contributed by atoms with E-state index in [1.54, 1.807) is 0 Å². The van der Waals surface area contributed by atoms with Gasteiger partial charge < -0.3 is 16.5 Å². The van der Waals surface area contributed by atoms with Crippen LogP contribution in [-0.4, -0.2) is 9.97 Å². The van der Waals surface area contributed by atoms with E-state index >= 15 is 0 Å². The van der Waals surface area contributed by atoms with Gasteiger partial charge >= 0.3 is 0 Å². The highest BCUT2D eigenvalue weighted by Gasteiger charge is 2.04. The average molecular weight is 218 g/mol. The SMILES string of the molecule is C#C.CC.Cc1ccc2[nH]c(N)nc2c1N. The summed E-state index contributed by atoms with van der Waals surface area (Å²) in [5.41, 5.74) is 14.6. The Morgan fingerprint density at radius 1 is 1.19 bits per heavy atom. The molecular weight excluding hydrogens is 200 g/mol. The number of fused-ring (bicyclic) bond motifs is 1. The second-order valence-corrected chi connectivity index (χ2v) is 2.81. The first-order chi connectivity index (χ1) is 7.68. The molecule has 0 radical (unpaired) electrons. The molecule has 0 amide bonds. The Morgan fingerprint density at radius 3 is 2.31 bits per heavy atom. The number of benzene rings is 1. The Labute approximate surface area is 96.1 Å². The lowest BCUT2D eigenvalue weighted by molar-refractivity contribution is 1.35. The van der Waals surface area contributed by atoms with Crippen LogP contribution in [0.4, 0.5) is 11.6 Å². The predicted molar refractivity (Wildman–Crippen MR) is 70.9 cm³/mol. The zero-order chi connectivity index (χ0) is 12.7. The zero-order valence-corrected chi connectivity index (χ0v) is 9.91. The molecule has 0 fully saturated rings. The lowest BCUT2D eigenvalue weighted by atomic mass is 10.2. The van der Waals surface area contributed by atoms with Crippen molar-refractivity contribution >= 4 is 22.7 Å². The van der Waals surface area contributed by atoms with Crippen molar-refractivity contribution in [3.8, 4) is 12.8 Å². The van der Waals surface area contributed by atoms with Crippen LogP contribution in [0.15, 0.2) is 12.1 Å². The van der Waals surface area contributed by atoms with Gasteiger partial charge in [0.2, 0.25) is 0 Å². The monoisotopic (exact) mass is 218 g/mol. The number of nitrogens with one attached hydrogen (secondary N) is 1. The van der Waals surface area contributed by atoms with Crippen LogP contribution in [0, 0.1) is 19.8 Å². The number of H-pyrrole nitrogens is 1. The Hall–Kier alpha value is -2.15. The molecular formula is C12H18N4. The Bertz CT molecular complexity index is 468. The summed E-state index contributed by atoms with van der Waals surface area (Å²) in [5, 5.41) is 0. The lowest BCUT2D eigenvalue weighted by Gasteiger charge is -1.97. The minimum absolute atomic E-state index is 0.405. The molecule has 1 aromatic carbocycles. The molecule has 0 bridgehead atoms. The molecule has 4 heteroatoms. The molecule has 86 valence electrons. The van der Waals surface area contributed by atoms with Gasteiger partial charge in [0, 0.05) is 0 Å². The molecule has 0 aliphatic heterocycles. The van der Waals surface area contributed by atoms with Crippen molar-refractivity contribution < 1.29 is 0 Å². The number of terminal acetylenes is 1. The minimum Gasteiger partial charge on any atom is -0.397 e. The van der Waals surface area contributed by atoms with Crippen molar-refractivity contribution in [1.82, 2.24) is 9.97 Å². The fourth-order valence-corrected chi connectivity index (χ4v) is 1.22. The van der Waals surface area contributed by atoms with Crippen LogP contribution in [0.2, 0.25) is 0 Å². The number of imidazole rings is 1. The molecule has 5 N–H and O–H groups in total. The summed E-state index contributed by atoms with van der Waals surface area (Å²) in [5.74, 6) is 0.405. The first-order valence-electron chi connectivity index (χ1n) is 5.02. The highest BCUT2D eigenvalue weighted by molar-refractivity contribution is 5.89. The molecule has 0 aliphatic rings. The van der Waals surface area contributed by atoms with Crippen LogP contribution in [0.25, 0.3) is 11.0 Å². The second kappa shape index (κ2) is 6.36. The molecule has 16 heavy (non-hydrogen) atoms. The molecule has 0 spiro atoms. The van der Waals surface area contributed by atoms with Crippen LogP contribution >= 0.6 is 0 Å². The fourth-order valence-electron chi connectivity index (χ4n) is 1.22. The molecule has 4 nitrogen and oxygen atoms in total. The predicted octanol–water partition coefficient (Wildman–Crippen LogP) is 2.31. The number of nitrogens with zero attached hydrogens (tertiary/aromatic N) is 1. The summed E-state index contributed by atoms with van der Waals surface area (Å²) in [7, 11) is 0. The maximum absolute atomic E-state index is 5.79. The molecule has 0 atom stereocenters. The van der Waals surface area contributed by atoms with E-state index in [2.05, 4.69) is 22.8 Å². The number of nitrogens with two attached hydrogens (primary N) is 2. The molecule has 0 saturated heterocycles. The molecule has 0 aliphatic carbocycles. The smallest absolute Gasteiger partial charge is 0.198 e. The van der Waals surface area contributed by atoms with Gasteiger partial charge in [-0.2, -0.15) is 0 Å². The molecule has 2 rings (SSSR count). The minimum atomic E-state index is 0.405. The van der Waals surface area contributed by atoms with Gasteiger partial charge in [0.1, 0.15) is 5.52 Å². The Kier molecular flexibility index (Phi) is 5.50. The summed E-state index contributed by atoms with van der Waals surface area (Å²) < 4.78 is 0. The number of aromatic amines is 1. The van der Waals surface area contributed by atoms with Gasteiger partial charge in [-0.1, -0.05) is 19.9 Å². The van der Waals surface area contributed by atoms with Crippen molar-refractivity contribution in [2.45, 2.75) is 20.8 Å². The zero-order valence-electron chi connectivity index (χ0n) is 9.91. The van der Waals surface area contributed by atoms with Crippen LogP contribution in [0.5, 0.6) is 0 Å². The van der Waals surface area contributed by atoms with Crippen LogP contribution in [0.1, 0.15) is 19.4 Å². The number of aromatic nitrogens is 2. The third-order valence-electron chi connectivity index (χ3n) is 1.93. The van der Waals surface area contributed by atoms with Crippen LogP contribution in [0.3, 0.4) is 0 Å². The number of anilines is 2. The molecule has 0 saturated carbocycles. The van der Waals surface area contributed by atoms with Crippen molar-refractivity contribution in [3.63, 3.8) is 0 Å². The van der Waals surface area contributed by atoms with E-state index in [-0.39, 0.29) is 0 Å². The number of hydrogen-bond acceptors (Lipinski definition) is 3. The standard InChI is InChI=1S/C8H10N4.C2H6.C2H2/c1-4-2-3-5-7(6(4)9)12-8(10)11-5;2*1-2/h2-3H,9H2,1H3,(H3,10,11,12);1-2H3;1-2H. The normalized spacial score (nSPS) is 8.56. The van der Waals surface area contributed by atoms with Crippen LogP contribution in [-0.2, 0) is 0 Å². The summed E-state index contributed by atoms with van der Waals surface area (Å²) in [4.78, 5) is 6.98. The van der Waals surface area contributed by atoms with E-state index in [0.717, 1.165) is 16.6 Å². The number of nitrogen functional groups attached to an aromatic ring is 2. The van der Waals surface area contributed by atoms with E-state index in [4.69, 9.17) is 11.5 Å². The summed E-state index contributed by atoms with van der Waals surface area (Å²) in [6, 6.07) is 3.86. The molecule has 2 aromatic rings. The molecule has 1 heterocycles. The maximum atomic E-state index is 5.79. The molecule has 1 aromatic heterocycles. The van der Waals surface area contributed by atoms with E-state index < -0.39 is 0 Å². The quantitative estimate of drug-likeness (QED) is 0.469. The van der Waals surface area contributed by atoms with Crippen molar-refractivity contribution in [2.24, 2.45) is 0 Å². The fraction of sp³-hybridized carbons (Fsp3) is 0.250. The topological polar surface area (TPSA) is 80.7 Å². The van der Waals surface area contributed by atoms with Gasteiger partial charge in [-0.25, -0.2) is 4.98 Å². The van der Waals surface area contributed by atoms with Crippen molar-refractivity contribution in [3.05, 3.63) is 17.7 Å². The van der Waals surface area contributed by atoms with Crippen molar-refractivity contribution in [1.29, 1.82) is 0 Å². The third kappa shape index (κ3) is 2.67. The van der Waals surface area contributed by atoms with Crippen molar-refractivity contribution in [2.75, 3.05) is 11.5 Å². The number of hydrogen-bond donors (Lipinski definition) is 3. The number of aryl methyl sites for hydroxylation is 1. The first-order valence-corrected chi connectivity index (χ1v) is 5.02. The summed E-state index contributed by atoms with van der Waals surface area (Å²) >= 11 is 0. The van der Waals surface area contributed by atoms with Crippen LogP contribution < -0.4 is 11.5 Å². The summed E-state index contributed by atoms with van der Waals surface area (Å²) in [6.07, 6.45) is 8.00. The van der Waals surface area contributed by atoms with Gasteiger partial charge in [0.15, 0.2) is 5.95 Å². The van der Waals surface area contributed by atoms with E-state index in [1.807, 2.05) is 32.9 Å². The highest BCUT2D eigenvalue weighted by Crippen LogP contribution is 2.22. The third-order valence-corrected chi connectivity index (χ3v) is 1.93.